The van der Waals surface area contributed by atoms with E-state index in [1.54, 1.807) is 0 Å². The third-order valence-electron chi connectivity index (χ3n) is 5.16. The summed E-state index contributed by atoms with van der Waals surface area (Å²) in [6.45, 7) is 0.598. The van der Waals surface area contributed by atoms with Crippen LogP contribution in [-0.4, -0.2) is 37.9 Å². The van der Waals surface area contributed by atoms with Crippen LogP contribution in [0.1, 0.15) is 55.8 Å². The predicted molar refractivity (Wildman–Crippen MR) is 84.9 cm³/mol. The Balaban J connectivity index is 1.69. The lowest BCUT2D eigenvalue weighted by Gasteiger charge is -2.31. The highest BCUT2D eigenvalue weighted by atomic mass is 16.5. The normalized spacial score (nSPS) is 22.4. The van der Waals surface area contributed by atoms with Crippen molar-refractivity contribution >= 4 is 5.97 Å². The van der Waals surface area contributed by atoms with Crippen LogP contribution in [0, 0.1) is 0 Å². The van der Waals surface area contributed by atoms with Gasteiger partial charge in [-0.05, 0) is 30.5 Å². The molecular weight excluding hydrogens is 308 g/mol. The quantitative estimate of drug-likeness (QED) is 0.930. The summed E-state index contributed by atoms with van der Waals surface area (Å²) in [5.74, 6) is 0.560. The van der Waals surface area contributed by atoms with E-state index in [4.69, 9.17) is 4.74 Å². The van der Waals surface area contributed by atoms with Crippen molar-refractivity contribution in [1.29, 1.82) is 0 Å². The molecule has 0 bridgehead atoms. The Kier molecular flexibility index (Phi) is 3.70. The number of rotatable bonds is 3. The Morgan fingerprint density at radius 2 is 2.04 bits per heavy atom. The molecular formula is C17H20N4O3. The van der Waals surface area contributed by atoms with Crippen molar-refractivity contribution in [3.63, 3.8) is 0 Å². The van der Waals surface area contributed by atoms with Gasteiger partial charge >= 0.3 is 5.97 Å². The molecule has 1 fully saturated rings. The Labute approximate surface area is 139 Å². The van der Waals surface area contributed by atoms with Gasteiger partial charge in [0.05, 0.1) is 12.5 Å². The molecule has 2 heterocycles. The average molecular weight is 328 g/mol. The molecule has 1 N–H and O–H groups in total. The van der Waals surface area contributed by atoms with Gasteiger partial charge in [0, 0.05) is 5.56 Å². The maximum Gasteiger partial charge on any atom is 0.333 e. The van der Waals surface area contributed by atoms with Crippen LogP contribution >= 0.6 is 0 Å². The maximum atomic E-state index is 11.9. The molecule has 4 rings (SSSR count). The molecule has 1 unspecified atom stereocenters. The average Bonchev–Trinajstić information content (AvgIpc) is 3.12. The molecule has 7 heteroatoms. The van der Waals surface area contributed by atoms with Crippen LogP contribution in [0.4, 0.5) is 0 Å². The summed E-state index contributed by atoms with van der Waals surface area (Å²) >= 11 is 0. The van der Waals surface area contributed by atoms with Gasteiger partial charge in [-0.25, -0.2) is 4.79 Å². The van der Waals surface area contributed by atoms with Gasteiger partial charge in [-0.2, -0.15) is 0 Å². The largest absolute Gasteiger partial charge is 0.493 e. The van der Waals surface area contributed by atoms with Crippen molar-refractivity contribution in [2.45, 2.75) is 50.0 Å². The fraction of sp³-hybridized carbons (Fsp3) is 0.529. The number of carbonyl (C=O) groups is 1. The molecule has 0 spiro atoms. The maximum absolute atomic E-state index is 11.9. The van der Waals surface area contributed by atoms with Gasteiger partial charge in [-0.1, -0.05) is 37.5 Å². The second-order valence-corrected chi connectivity index (χ2v) is 6.56. The van der Waals surface area contributed by atoms with Crippen LogP contribution < -0.4 is 4.74 Å². The molecule has 126 valence electrons. The van der Waals surface area contributed by atoms with Crippen molar-refractivity contribution in [2.75, 3.05) is 6.61 Å². The number of aromatic nitrogens is 4. The van der Waals surface area contributed by atoms with Crippen LogP contribution in [-0.2, 0) is 10.3 Å². The third-order valence-corrected chi connectivity index (χ3v) is 5.16. The number of para-hydroxylation sites is 1. The molecule has 7 nitrogen and oxygen atoms in total. The molecule has 0 amide bonds. The second-order valence-electron chi connectivity index (χ2n) is 6.56. The first-order chi connectivity index (χ1) is 11.7. The monoisotopic (exact) mass is 328 g/mol. The fourth-order valence-corrected chi connectivity index (χ4v) is 3.79. The summed E-state index contributed by atoms with van der Waals surface area (Å²) in [6.07, 6.45) is 4.70. The molecule has 0 radical (unpaired) electrons. The Morgan fingerprint density at radius 1 is 1.25 bits per heavy atom. The Hall–Kier alpha value is -2.44. The molecule has 1 atom stereocenters. The van der Waals surface area contributed by atoms with E-state index in [9.17, 15) is 9.90 Å². The van der Waals surface area contributed by atoms with Gasteiger partial charge in [0.1, 0.15) is 5.75 Å². The highest BCUT2D eigenvalue weighted by molar-refractivity contribution is 5.76. The van der Waals surface area contributed by atoms with E-state index < -0.39 is 11.5 Å². The lowest BCUT2D eigenvalue weighted by atomic mass is 9.82. The SMILES string of the molecule is O=C(O)C1(n2nnc(C3CCOc4ccccc43)n2)CCCCC1. The summed E-state index contributed by atoms with van der Waals surface area (Å²) < 4.78 is 5.68. The van der Waals surface area contributed by atoms with Crippen LogP contribution in [0.25, 0.3) is 0 Å². The second kappa shape index (κ2) is 5.89. The highest BCUT2D eigenvalue weighted by Crippen LogP contribution is 2.38. The van der Waals surface area contributed by atoms with E-state index in [-0.39, 0.29) is 5.92 Å². The third kappa shape index (κ3) is 2.35. The topological polar surface area (TPSA) is 90.1 Å². The molecule has 24 heavy (non-hydrogen) atoms. The number of ether oxygens (including phenoxy) is 1. The zero-order valence-corrected chi connectivity index (χ0v) is 13.4. The Bertz CT molecular complexity index is 752. The Morgan fingerprint density at radius 3 is 2.83 bits per heavy atom. The summed E-state index contributed by atoms with van der Waals surface area (Å²) in [6, 6.07) is 7.84. The zero-order valence-electron chi connectivity index (χ0n) is 13.4. The van der Waals surface area contributed by atoms with Crippen LogP contribution in [0.2, 0.25) is 0 Å². The first kappa shape index (κ1) is 15.1. The first-order valence-corrected chi connectivity index (χ1v) is 8.46. The van der Waals surface area contributed by atoms with E-state index in [0.29, 0.717) is 25.3 Å². The molecule has 2 aromatic rings. The van der Waals surface area contributed by atoms with Crippen molar-refractivity contribution in [3.05, 3.63) is 35.7 Å². The van der Waals surface area contributed by atoms with Gasteiger partial charge in [0.25, 0.3) is 0 Å². The molecule has 1 aromatic heterocycles. The van der Waals surface area contributed by atoms with Gasteiger partial charge in [-0.3, -0.25) is 0 Å². The van der Waals surface area contributed by atoms with Crippen molar-refractivity contribution in [1.82, 2.24) is 20.2 Å². The van der Waals surface area contributed by atoms with Gasteiger partial charge in [-0.15, -0.1) is 15.0 Å². The number of fused-ring (bicyclic) bond motifs is 1. The number of aliphatic carboxylic acids is 1. The van der Waals surface area contributed by atoms with Crippen molar-refractivity contribution in [2.24, 2.45) is 0 Å². The van der Waals surface area contributed by atoms with E-state index in [1.165, 1.54) is 4.80 Å². The lowest BCUT2D eigenvalue weighted by molar-refractivity contribution is -0.151. The number of carboxylic acids is 1. The highest BCUT2D eigenvalue weighted by Gasteiger charge is 2.44. The number of hydrogen-bond acceptors (Lipinski definition) is 5. The number of hydrogen-bond donors (Lipinski definition) is 1. The van der Waals surface area contributed by atoms with E-state index in [1.807, 2.05) is 24.3 Å². The van der Waals surface area contributed by atoms with Crippen LogP contribution in [0.15, 0.2) is 24.3 Å². The minimum absolute atomic E-state index is 0.00173. The summed E-state index contributed by atoms with van der Waals surface area (Å²) in [5, 5.41) is 22.6. The summed E-state index contributed by atoms with van der Waals surface area (Å²) in [4.78, 5) is 13.3. The zero-order chi connectivity index (χ0) is 16.6. The summed E-state index contributed by atoms with van der Waals surface area (Å²) in [5.41, 5.74) is -0.00918. The van der Waals surface area contributed by atoms with E-state index in [0.717, 1.165) is 37.0 Å². The molecule has 1 saturated carbocycles. The molecule has 1 aliphatic carbocycles. The standard InChI is InChI=1S/C17H20N4O3/c22-16(23)17(9-4-1-5-10-17)21-19-15(18-20-21)13-8-11-24-14-7-3-2-6-12(13)14/h2-3,6-7,13H,1,4-5,8-11H2,(H,22,23). The summed E-state index contributed by atoms with van der Waals surface area (Å²) in [7, 11) is 0. The minimum Gasteiger partial charge on any atom is -0.493 e. The molecule has 0 saturated heterocycles. The van der Waals surface area contributed by atoms with Crippen molar-refractivity contribution in [3.8, 4) is 5.75 Å². The van der Waals surface area contributed by atoms with E-state index in [2.05, 4.69) is 15.4 Å². The van der Waals surface area contributed by atoms with Crippen molar-refractivity contribution < 1.29 is 14.6 Å². The minimum atomic E-state index is -1.05. The van der Waals surface area contributed by atoms with Gasteiger partial charge in [0.2, 0.25) is 0 Å². The lowest BCUT2D eigenvalue weighted by Crippen LogP contribution is -2.45. The number of benzene rings is 1. The number of carboxylic acid groups (broad SMARTS) is 1. The number of tetrazole rings is 1. The van der Waals surface area contributed by atoms with Crippen LogP contribution in [0.5, 0.6) is 5.75 Å². The fourth-order valence-electron chi connectivity index (χ4n) is 3.79. The number of nitrogens with zero attached hydrogens (tertiary/aromatic N) is 4. The van der Waals surface area contributed by atoms with Gasteiger partial charge in [0.15, 0.2) is 11.4 Å². The van der Waals surface area contributed by atoms with Crippen LogP contribution in [0.3, 0.4) is 0 Å². The smallest absolute Gasteiger partial charge is 0.333 e. The molecule has 1 aromatic carbocycles. The first-order valence-electron chi connectivity index (χ1n) is 8.46. The van der Waals surface area contributed by atoms with E-state index >= 15 is 0 Å². The predicted octanol–water partition coefficient (Wildman–Crippen LogP) is 2.33. The van der Waals surface area contributed by atoms with Gasteiger partial charge < -0.3 is 9.84 Å². The molecule has 2 aliphatic rings. The molecule has 1 aliphatic heterocycles.